The molecule has 2 aromatic carbocycles. The molecule has 7 heteroatoms. The summed E-state index contributed by atoms with van der Waals surface area (Å²) >= 11 is 3.41. The summed E-state index contributed by atoms with van der Waals surface area (Å²) in [6.07, 6.45) is 0. The van der Waals surface area contributed by atoms with E-state index in [4.69, 9.17) is 0 Å². The van der Waals surface area contributed by atoms with Gasteiger partial charge in [0.05, 0.1) is 16.8 Å². The number of carbonyl (C=O) groups is 3. The molecule has 0 atom stereocenters. The lowest BCUT2D eigenvalue weighted by atomic mass is 10.1. The SMILES string of the molecule is Cc1cc2c(cc1Br)NC(=O)/C2=N\N1C(=O)c2ccccc2C1=O. The Bertz CT molecular complexity index is 946. The molecule has 0 saturated carbocycles. The van der Waals surface area contributed by atoms with Gasteiger partial charge in [-0.15, -0.1) is 0 Å². The number of anilines is 1. The van der Waals surface area contributed by atoms with Crippen LogP contribution in [0.4, 0.5) is 5.69 Å². The molecule has 2 aliphatic rings. The molecule has 4 rings (SSSR count). The molecule has 0 spiro atoms. The van der Waals surface area contributed by atoms with Crippen molar-refractivity contribution in [2.75, 3.05) is 5.32 Å². The fraction of sp³-hybridized carbons (Fsp3) is 0.0588. The fourth-order valence-electron chi connectivity index (χ4n) is 2.75. The first kappa shape index (κ1) is 14.8. The van der Waals surface area contributed by atoms with E-state index in [1.54, 1.807) is 36.4 Å². The number of hydrogen-bond acceptors (Lipinski definition) is 4. The van der Waals surface area contributed by atoms with Crippen molar-refractivity contribution >= 4 is 45.1 Å². The maximum Gasteiger partial charge on any atom is 0.282 e. The lowest BCUT2D eigenvalue weighted by molar-refractivity contribution is -0.110. The highest BCUT2D eigenvalue weighted by Gasteiger charge is 2.37. The second-order valence-electron chi connectivity index (χ2n) is 5.52. The van der Waals surface area contributed by atoms with E-state index in [9.17, 15) is 14.4 Å². The second-order valence-corrected chi connectivity index (χ2v) is 6.37. The van der Waals surface area contributed by atoms with E-state index in [0.29, 0.717) is 11.3 Å². The minimum atomic E-state index is -0.529. The van der Waals surface area contributed by atoms with Gasteiger partial charge in [0, 0.05) is 10.0 Å². The van der Waals surface area contributed by atoms with Gasteiger partial charge in [0.2, 0.25) is 0 Å². The zero-order valence-corrected chi connectivity index (χ0v) is 14.0. The van der Waals surface area contributed by atoms with Gasteiger partial charge < -0.3 is 5.32 Å². The van der Waals surface area contributed by atoms with Gasteiger partial charge in [-0.25, -0.2) is 0 Å². The number of aryl methyl sites for hydroxylation is 1. The Kier molecular flexibility index (Phi) is 3.14. The molecule has 2 aliphatic heterocycles. The lowest BCUT2D eigenvalue weighted by Crippen LogP contribution is -2.28. The van der Waals surface area contributed by atoms with Crippen LogP contribution in [0.1, 0.15) is 31.8 Å². The van der Waals surface area contributed by atoms with Crippen molar-refractivity contribution in [3.05, 3.63) is 63.1 Å². The minimum absolute atomic E-state index is 0.0510. The van der Waals surface area contributed by atoms with Gasteiger partial charge in [-0.1, -0.05) is 28.1 Å². The maximum absolute atomic E-state index is 12.4. The van der Waals surface area contributed by atoms with Gasteiger partial charge in [0.15, 0.2) is 5.71 Å². The molecule has 1 N–H and O–H groups in total. The van der Waals surface area contributed by atoms with Crippen LogP contribution in [0.15, 0.2) is 46.0 Å². The molecule has 0 unspecified atom stereocenters. The predicted molar refractivity (Wildman–Crippen MR) is 91.0 cm³/mol. The molecule has 2 aromatic rings. The van der Waals surface area contributed by atoms with Crippen molar-refractivity contribution in [2.24, 2.45) is 5.10 Å². The summed E-state index contributed by atoms with van der Waals surface area (Å²) in [5, 5.41) is 7.52. The topological polar surface area (TPSA) is 78.8 Å². The minimum Gasteiger partial charge on any atom is -0.320 e. The first-order valence-electron chi connectivity index (χ1n) is 7.15. The number of imide groups is 1. The van der Waals surface area contributed by atoms with E-state index in [2.05, 4.69) is 26.3 Å². The standard InChI is InChI=1S/C17H10BrN3O3/c1-8-6-11-13(7-12(8)18)19-15(22)14(11)20-21-16(23)9-4-2-3-5-10(9)17(21)24/h2-7H,1H3,(H,19,20,22). The Hall–Kier alpha value is -2.80. The van der Waals surface area contributed by atoms with Crippen molar-refractivity contribution < 1.29 is 14.4 Å². The van der Waals surface area contributed by atoms with E-state index in [-0.39, 0.29) is 16.8 Å². The highest BCUT2D eigenvalue weighted by atomic mass is 79.9. The maximum atomic E-state index is 12.4. The molecule has 6 nitrogen and oxygen atoms in total. The summed E-state index contributed by atoms with van der Waals surface area (Å²) in [5.74, 6) is -1.50. The van der Waals surface area contributed by atoms with Crippen LogP contribution in [0, 0.1) is 6.92 Å². The van der Waals surface area contributed by atoms with Crippen LogP contribution in [0.2, 0.25) is 0 Å². The Morgan fingerprint density at radius 3 is 2.25 bits per heavy atom. The van der Waals surface area contributed by atoms with Gasteiger partial charge in [0.25, 0.3) is 17.7 Å². The Labute approximate surface area is 145 Å². The summed E-state index contributed by atoms with van der Waals surface area (Å²) in [7, 11) is 0. The molecule has 0 saturated heterocycles. The second kappa shape index (κ2) is 5.10. The number of halogens is 1. The van der Waals surface area contributed by atoms with Crippen molar-refractivity contribution in [3.8, 4) is 0 Å². The lowest BCUT2D eigenvalue weighted by Gasteiger charge is -2.08. The van der Waals surface area contributed by atoms with E-state index >= 15 is 0 Å². The van der Waals surface area contributed by atoms with Crippen LogP contribution in [0.25, 0.3) is 0 Å². The van der Waals surface area contributed by atoms with Crippen LogP contribution < -0.4 is 5.32 Å². The van der Waals surface area contributed by atoms with Crippen LogP contribution in [0.3, 0.4) is 0 Å². The number of fused-ring (bicyclic) bond motifs is 2. The van der Waals surface area contributed by atoms with Crippen molar-refractivity contribution in [2.45, 2.75) is 6.92 Å². The third kappa shape index (κ3) is 2.01. The number of nitrogens with one attached hydrogen (secondary N) is 1. The first-order chi connectivity index (χ1) is 11.5. The molecule has 0 bridgehead atoms. The summed E-state index contributed by atoms with van der Waals surface area (Å²) in [4.78, 5) is 37.0. The molecule has 0 aliphatic carbocycles. The van der Waals surface area contributed by atoms with Gasteiger partial charge >= 0.3 is 0 Å². The van der Waals surface area contributed by atoms with Crippen molar-refractivity contribution in [1.82, 2.24) is 5.01 Å². The average molecular weight is 384 g/mol. The normalized spacial score (nSPS) is 17.3. The largest absolute Gasteiger partial charge is 0.320 e. The summed E-state index contributed by atoms with van der Waals surface area (Å²) in [6, 6.07) is 10.1. The zero-order valence-electron chi connectivity index (χ0n) is 12.5. The highest BCUT2D eigenvalue weighted by Crippen LogP contribution is 2.31. The smallest absolute Gasteiger partial charge is 0.282 e. The van der Waals surface area contributed by atoms with Crippen LogP contribution in [-0.4, -0.2) is 28.4 Å². The number of carbonyl (C=O) groups excluding carboxylic acids is 3. The number of amides is 3. The highest BCUT2D eigenvalue weighted by molar-refractivity contribution is 9.10. The Morgan fingerprint density at radius 2 is 1.62 bits per heavy atom. The molecule has 0 fully saturated rings. The molecule has 24 heavy (non-hydrogen) atoms. The zero-order chi connectivity index (χ0) is 17.0. The monoisotopic (exact) mass is 383 g/mol. The summed E-state index contributed by atoms with van der Waals surface area (Å²) < 4.78 is 0.850. The number of rotatable bonds is 1. The molecular formula is C17H10BrN3O3. The van der Waals surface area contributed by atoms with Crippen LogP contribution >= 0.6 is 15.9 Å². The van der Waals surface area contributed by atoms with E-state index < -0.39 is 17.7 Å². The molecule has 118 valence electrons. The van der Waals surface area contributed by atoms with E-state index in [1.165, 1.54) is 0 Å². The summed E-state index contributed by atoms with van der Waals surface area (Å²) in [5.41, 5.74) is 2.70. The summed E-state index contributed by atoms with van der Waals surface area (Å²) in [6.45, 7) is 1.88. The molecule has 3 amide bonds. The molecular weight excluding hydrogens is 374 g/mol. The average Bonchev–Trinajstić information content (AvgIpc) is 2.98. The molecule has 0 aromatic heterocycles. The number of hydrazone groups is 1. The fourth-order valence-corrected chi connectivity index (χ4v) is 3.09. The van der Waals surface area contributed by atoms with Crippen LogP contribution in [0.5, 0.6) is 0 Å². The Balaban J connectivity index is 1.81. The molecule has 0 radical (unpaired) electrons. The number of nitrogens with zero attached hydrogens (tertiary/aromatic N) is 2. The third-order valence-electron chi connectivity index (χ3n) is 3.99. The van der Waals surface area contributed by atoms with Crippen molar-refractivity contribution in [3.63, 3.8) is 0 Å². The van der Waals surface area contributed by atoms with Gasteiger partial charge in [0.1, 0.15) is 0 Å². The van der Waals surface area contributed by atoms with Gasteiger partial charge in [-0.2, -0.15) is 10.1 Å². The van der Waals surface area contributed by atoms with Gasteiger partial charge in [-0.05, 0) is 36.8 Å². The third-order valence-corrected chi connectivity index (χ3v) is 4.84. The quantitative estimate of drug-likeness (QED) is 0.768. The van der Waals surface area contributed by atoms with Crippen molar-refractivity contribution in [1.29, 1.82) is 0 Å². The number of benzene rings is 2. The first-order valence-corrected chi connectivity index (χ1v) is 7.95. The van der Waals surface area contributed by atoms with Crippen LogP contribution in [-0.2, 0) is 4.79 Å². The predicted octanol–water partition coefficient (Wildman–Crippen LogP) is 2.71. The van der Waals surface area contributed by atoms with E-state index in [1.807, 2.05) is 6.92 Å². The molecule has 2 heterocycles. The van der Waals surface area contributed by atoms with Gasteiger partial charge in [-0.3, -0.25) is 14.4 Å². The number of hydrogen-bond donors (Lipinski definition) is 1. The van der Waals surface area contributed by atoms with E-state index in [0.717, 1.165) is 15.0 Å². The Morgan fingerprint density at radius 1 is 1.00 bits per heavy atom.